The highest BCUT2D eigenvalue weighted by Crippen LogP contribution is 2.19. The molecular formula is C22H16N3O2. The summed E-state index contributed by atoms with van der Waals surface area (Å²) in [4.78, 5) is 32.7. The Balaban J connectivity index is 1.67. The van der Waals surface area contributed by atoms with Gasteiger partial charge in [-0.25, -0.2) is 4.98 Å². The van der Waals surface area contributed by atoms with Crippen molar-refractivity contribution in [2.45, 2.75) is 6.92 Å². The molecular weight excluding hydrogens is 338 g/mol. The molecule has 0 aliphatic heterocycles. The molecule has 1 radical (unpaired) electrons. The van der Waals surface area contributed by atoms with Gasteiger partial charge in [0.05, 0.1) is 16.6 Å². The summed E-state index contributed by atoms with van der Waals surface area (Å²) in [6, 6.07) is 19.5. The quantitative estimate of drug-likeness (QED) is 0.541. The molecule has 131 valence electrons. The van der Waals surface area contributed by atoms with Crippen LogP contribution in [0.4, 0.5) is 5.69 Å². The van der Waals surface area contributed by atoms with Crippen LogP contribution in [0.1, 0.15) is 31.8 Å². The Morgan fingerprint density at radius 1 is 0.963 bits per heavy atom. The van der Waals surface area contributed by atoms with E-state index < -0.39 is 0 Å². The number of carbonyl (C=O) groups is 2. The summed E-state index contributed by atoms with van der Waals surface area (Å²) >= 11 is 0. The van der Waals surface area contributed by atoms with Crippen molar-refractivity contribution in [1.82, 2.24) is 9.97 Å². The smallest absolute Gasteiger partial charge is 0.256 e. The number of H-pyrrole nitrogens is 1. The molecule has 0 fully saturated rings. The van der Waals surface area contributed by atoms with Crippen LogP contribution in [0, 0.1) is 13.3 Å². The molecule has 0 bridgehead atoms. The summed E-state index contributed by atoms with van der Waals surface area (Å²) in [7, 11) is 0. The molecule has 0 spiro atoms. The van der Waals surface area contributed by atoms with Gasteiger partial charge in [-0.3, -0.25) is 9.59 Å². The van der Waals surface area contributed by atoms with E-state index in [1.807, 2.05) is 31.2 Å². The first-order chi connectivity index (χ1) is 13.1. The lowest BCUT2D eigenvalue weighted by Gasteiger charge is -2.10. The number of benzene rings is 3. The Morgan fingerprint density at radius 3 is 2.59 bits per heavy atom. The number of ketones is 1. The molecule has 0 aliphatic carbocycles. The predicted octanol–water partition coefficient (Wildman–Crippen LogP) is 4.15. The molecule has 0 saturated heterocycles. The van der Waals surface area contributed by atoms with Crippen molar-refractivity contribution in [3.63, 3.8) is 0 Å². The number of fused-ring (bicyclic) bond motifs is 1. The average molecular weight is 354 g/mol. The second-order valence-electron chi connectivity index (χ2n) is 6.28. The summed E-state index contributed by atoms with van der Waals surface area (Å²) in [5, 5.41) is 2.86. The minimum Gasteiger partial charge on any atom is -0.335 e. The number of nitrogens with zero attached hydrogens (tertiary/aromatic N) is 1. The Kier molecular flexibility index (Phi) is 4.26. The van der Waals surface area contributed by atoms with Crippen LogP contribution in [0.15, 0.2) is 66.7 Å². The molecule has 0 atom stereocenters. The number of rotatable bonds is 4. The topological polar surface area (TPSA) is 74.8 Å². The molecule has 4 aromatic rings. The Labute approximate surface area is 156 Å². The molecule has 4 rings (SSSR count). The van der Waals surface area contributed by atoms with Crippen LogP contribution in [0.3, 0.4) is 0 Å². The van der Waals surface area contributed by atoms with Gasteiger partial charge in [0.2, 0.25) is 0 Å². The Bertz CT molecular complexity index is 1160. The van der Waals surface area contributed by atoms with E-state index in [0.717, 1.165) is 16.6 Å². The van der Waals surface area contributed by atoms with Crippen LogP contribution in [-0.4, -0.2) is 21.7 Å². The maximum atomic E-state index is 13.0. The van der Waals surface area contributed by atoms with E-state index >= 15 is 0 Å². The number of imidazole rings is 1. The second-order valence-corrected chi connectivity index (χ2v) is 6.28. The molecule has 5 heteroatoms. The Hall–Kier alpha value is -3.73. The predicted molar refractivity (Wildman–Crippen MR) is 104 cm³/mol. The third-order valence-electron chi connectivity index (χ3n) is 4.32. The van der Waals surface area contributed by atoms with E-state index in [4.69, 9.17) is 0 Å². The fourth-order valence-electron chi connectivity index (χ4n) is 2.98. The van der Waals surface area contributed by atoms with Gasteiger partial charge in [-0.2, -0.15) is 0 Å². The number of aromatic amines is 1. The summed E-state index contributed by atoms with van der Waals surface area (Å²) < 4.78 is 0. The van der Waals surface area contributed by atoms with Crippen molar-refractivity contribution < 1.29 is 9.59 Å². The molecule has 1 aromatic heterocycles. The van der Waals surface area contributed by atoms with Crippen LogP contribution < -0.4 is 5.32 Å². The maximum absolute atomic E-state index is 13.0. The van der Waals surface area contributed by atoms with Crippen molar-refractivity contribution in [3.8, 4) is 0 Å². The van der Waals surface area contributed by atoms with Crippen molar-refractivity contribution in [2.75, 3.05) is 5.32 Å². The van der Waals surface area contributed by atoms with Crippen molar-refractivity contribution in [3.05, 3.63) is 95.3 Å². The fourth-order valence-corrected chi connectivity index (χ4v) is 2.98. The van der Waals surface area contributed by atoms with Crippen LogP contribution in [-0.2, 0) is 0 Å². The van der Waals surface area contributed by atoms with Gasteiger partial charge >= 0.3 is 0 Å². The highest BCUT2D eigenvalue weighted by atomic mass is 16.2. The van der Waals surface area contributed by atoms with Gasteiger partial charge in [0.1, 0.15) is 0 Å². The van der Waals surface area contributed by atoms with E-state index in [9.17, 15) is 9.59 Å². The molecule has 3 aromatic carbocycles. The summed E-state index contributed by atoms with van der Waals surface area (Å²) in [6.07, 6.45) is 2.65. The molecule has 0 aliphatic rings. The molecule has 27 heavy (non-hydrogen) atoms. The van der Waals surface area contributed by atoms with E-state index in [1.165, 1.54) is 0 Å². The number of anilines is 1. The summed E-state index contributed by atoms with van der Waals surface area (Å²) in [5.41, 5.74) is 4.36. The number of hydrogen-bond acceptors (Lipinski definition) is 3. The highest BCUT2D eigenvalue weighted by Gasteiger charge is 2.18. The Morgan fingerprint density at radius 2 is 1.78 bits per heavy atom. The van der Waals surface area contributed by atoms with E-state index in [0.29, 0.717) is 22.4 Å². The van der Waals surface area contributed by atoms with Crippen LogP contribution >= 0.6 is 0 Å². The standard InChI is InChI=1S/C22H16N3O2/c1-14-5-4-6-16(11-14)25-22(27)18-8-3-2-7-17(18)21(26)15-9-10-19-20(12-15)24-13-23-19/h2-12H,1H3,(H,23,24)(H,25,27). The monoisotopic (exact) mass is 354 g/mol. The number of nitrogens with one attached hydrogen (secondary N) is 2. The zero-order chi connectivity index (χ0) is 18.8. The zero-order valence-corrected chi connectivity index (χ0v) is 14.6. The molecule has 5 nitrogen and oxygen atoms in total. The second kappa shape index (κ2) is 6.88. The number of aromatic nitrogens is 2. The molecule has 2 N–H and O–H groups in total. The molecule has 1 amide bonds. The van der Waals surface area contributed by atoms with Gasteiger partial charge < -0.3 is 10.3 Å². The van der Waals surface area contributed by atoms with Crippen LogP contribution in [0.5, 0.6) is 0 Å². The first-order valence-electron chi connectivity index (χ1n) is 8.49. The lowest BCUT2D eigenvalue weighted by Crippen LogP contribution is -2.17. The zero-order valence-electron chi connectivity index (χ0n) is 14.6. The first-order valence-corrected chi connectivity index (χ1v) is 8.49. The van der Waals surface area contributed by atoms with Gasteiger partial charge in [0.25, 0.3) is 5.91 Å². The van der Waals surface area contributed by atoms with E-state index in [-0.39, 0.29) is 11.7 Å². The van der Waals surface area contributed by atoms with Gasteiger partial charge in [-0.05, 0) is 48.9 Å². The van der Waals surface area contributed by atoms with Crippen molar-refractivity contribution >= 4 is 28.4 Å². The van der Waals surface area contributed by atoms with Gasteiger partial charge in [-0.1, -0.05) is 30.3 Å². The third kappa shape index (κ3) is 3.35. The SMILES string of the molecule is Cc1cccc(NC(=O)c2ccccc2C(=O)c2ccc3n[c][nH]c3c2)c1. The number of hydrogen-bond donors (Lipinski definition) is 2. The molecule has 0 saturated carbocycles. The number of carbonyl (C=O) groups excluding carboxylic acids is 2. The molecule has 0 unspecified atom stereocenters. The summed E-state index contributed by atoms with van der Waals surface area (Å²) in [6.45, 7) is 1.95. The third-order valence-corrected chi connectivity index (χ3v) is 4.32. The lowest BCUT2D eigenvalue weighted by atomic mass is 9.97. The van der Waals surface area contributed by atoms with Gasteiger partial charge in [0.15, 0.2) is 12.1 Å². The number of aryl methyl sites for hydroxylation is 1. The van der Waals surface area contributed by atoms with Crippen LogP contribution in [0.25, 0.3) is 11.0 Å². The fraction of sp³-hybridized carbons (Fsp3) is 0.0455. The largest absolute Gasteiger partial charge is 0.335 e. The summed E-state index contributed by atoms with van der Waals surface area (Å²) in [5.74, 6) is -0.540. The van der Waals surface area contributed by atoms with Gasteiger partial charge in [-0.15, -0.1) is 0 Å². The van der Waals surface area contributed by atoms with E-state index in [1.54, 1.807) is 42.5 Å². The van der Waals surface area contributed by atoms with Crippen LogP contribution in [0.2, 0.25) is 0 Å². The number of amides is 1. The first kappa shape index (κ1) is 16.7. The van der Waals surface area contributed by atoms with Gasteiger partial charge in [0, 0.05) is 16.8 Å². The van der Waals surface area contributed by atoms with Crippen molar-refractivity contribution in [2.24, 2.45) is 0 Å². The minimum absolute atomic E-state index is 0.221. The lowest BCUT2D eigenvalue weighted by molar-refractivity contribution is 0.0996. The molecule has 1 heterocycles. The average Bonchev–Trinajstić information content (AvgIpc) is 3.15. The maximum Gasteiger partial charge on any atom is 0.256 e. The minimum atomic E-state index is -0.319. The highest BCUT2D eigenvalue weighted by molar-refractivity contribution is 6.18. The van der Waals surface area contributed by atoms with E-state index in [2.05, 4.69) is 21.6 Å². The normalized spacial score (nSPS) is 10.7. The van der Waals surface area contributed by atoms with Crippen molar-refractivity contribution in [1.29, 1.82) is 0 Å².